The van der Waals surface area contributed by atoms with E-state index in [9.17, 15) is 0 Å². The first-order chi connectivity index (χ1) is 8.86. The summed E-state index contributed by atoms with van der Waals surface area (Å²) in [6.45, 7) is 5.59. The number of likely N-dealkylation sites (N-methyl/N-ethyl adjacent to an activating group) is 1. The van der Waals surface area contributed by atoms with E-state index < -0.39 is 0 Å². The average Bonchev–Trinajstić information content (AvgIpc) is 3.06. The summed E-state index contributed by atoms with van der Waals surface area (Å²) in [5, 5.41) is 3.64. The van der Waals surface area contributed by atoms with Gasteiger partial charge in [0.15, 0.2) is 0 Å². The molecule has 1 aromatic rings. The fraction of sp³-hybridized carbons (Fsp3) is 0.786. The van der Waals surface area contributed by atoms with Crippen LogP contribution in [0.5, 0.6) is 0 Å². The van der Waals surface area contributed by atoms with E-state index in [1.54, 1.807) is 0 Å². The molecule has 2 heterocycles. The fourth-order valence-corrected chi connectivity index (χ4v) is 3.45. The number of nitrogens with zero attached hydrogens (tertiary/aromatic N) is 2. The maximum Gasteiger partial charge on any atom is 0.0925 e. The molecule has 1 atom stereocenters. The highest BCUT2D eigenvalue weighted by molar-refractivity contribution is 5.16. The Bertz CT molecular complexity index is 381. The molecule has 0 radical (unpaired) electrons. The Balaban J connectivity index is 1.59. The molecule has 1 aliphatic carbocycles. The van der Waals surface area contributed by atoms with Gasteiger partial charge < -0.3 is 10.3 Å². The average molecular weight is 248 g/mol. The minimum absolute atomic E-state index is 0.571. The maximum absolute atomic E-state index is 4.42. The van der Waals surface area contributed by atoms with E-state index in [4.69, 9.17) is 0 Å². The number of nitrogens with one attached hydrogen (secondary N) is 2. The van der Waals surface area contributed by atoms with Gasteiger partial charge in [0, 0.05) is 31.6 Å². The molecule has 100 valence electrons. The summed E-state index contributed by atoms with van der Waals surface area (Å²) in [6.07, 6.45) is 8.53. The SMILES string of the molecule is CCN(CC1Cc2nc[nH]c2CN1)C1CCCC1. The van der Waals surface area contributed by atoms with Crippen molar-refractivity contribution in [2.24, 2.45) is 0 Å². The van der Waals surface area contributed by atoms with Gasteiger partial charge in [-0.25, -0.2) is 4.98 Å². The topological polar surface area (TPSA) is 44.0 Å². The molecule has 0 spiro atoms. The number of hydrogen-bond acceptors (Lipinski definition) is 3. The molecule has 4 heteroatoms. The Morgan fingerprint density at radius 3 is 3.00 bits per heavy atom. The van der Waals surface area contributed by atoms with Crippen molar-refractivity contribution >= 4 is 0 Å². The molecular weight excluding hydrogens is 224 g/mol. The first-order valence-corrected chi connectivity index (χ1v) is 7.35. The molecule has 1 aromatic heterocycles. The molecule has 0 aromatic carbocycles. The number of imidazole rings is 1. The van der Waals surface area contributed by atoms with Gasteiger partial charge in [-0.3, -0.25) is 4.90 Å². The zero-order valence-corrected chi connectivity index (χ0v) is 11.3. The Labute approximate surface area is 109 Å². The molecule has 1 saturated carbocycles. The smallest absolute Gasteiger partial charge is 0.0925 e. The summed E-state index contributed by atoms with van der Waals surface area (Å²) in [5.41, 5.74) is 2.54. The van der Waals surface area contributed by atoms with Crippen LogP contribution in [0, 0.1) is 0 Å². The number of aromatic nitrogens is 2. The van der Waals surface area contributed by atoms with Crippen molar-refractivity contribution < 1.29 is 0 Å². The van der Waals surface area contributed by atoms with E-state index in [0.717, 1.165) is 19.0 Å². The summed E-state index contributed by atoms with van der Waals surface area (Å²) in [4.78, 5) is 10.3. The standard InChI is InChI=1S/C14H24N4/c1-2-18(12-5-3-4-6-12)9-11-7-13-14(8-15-11)17-10-16-13/h10-12,15H,2-9H2,1H3,(H,16,17). The van der Waals surface area contributed by atoms with E-state index in [0.29, 0.717) is 6.04 Å². The molecule has 4 nitrogen and oxygen atoms in total. The van der Waals surface area contributed by atoms with Crippen molar-refractivity contribution in [3.63, 3.8) is 0 Å². The highest BCUT2D eigenvalue weighted by Crippen LogP contribution is 2.24. The van der Waals surface area contributed by atoms with Crippen molar-refractivity contribution in [3.05, 3.63) is 17.7 Å². The molecule has 1 unspecified atom stereocenters. The molecule has 0 bridgehead atoms. The van der Waals surface area contributed by atoms with Crippen LogP contribution in [0.4, 0.5) is 0 Å². The van der Waals surface area contributed by atoms with Crippen molar-refractivity contribution in [2.45, 2.75) is 57.7 Å². The van der Waals surface area contributed by atoms with Gasteiger partial charge >= 0.3 is 0 Å². The zero-order valence-electron chi connectivity index (χ0n) is 11.3. The lowest BCUT2D eigenvalue weighted by Gasteiger charge is -2.33. The molecule has 0 amide bonds. The number of fused-ring (bicyclic) bond motifs is 1. The number of rotatable bonds is 4. The van der Waals surface area contributed by atoms with Gasteiger partial charge in [-0.15, -0.1) is 0 Å². The first-order valence-electron chi connectivity index (χ1n) is 7.35. The Kier molecular flexibility index (Phi) is 3.66. The van der Waals surface area contributed by atoms with Gasteiger partial charge in [-0.2, -0.15) is 0 Å². The predicted octanol–water partition coefficient (Wildman–Crippen LogP) is 1.69. The largest absolute Gasteiger partial charge is 0.347 e. The van der Waals surface area contributed by atoms with Crippen LogP contribution in [-0.4, -0.2) is 40.0 Å². The van der Waals surface area contributed by atoms with Gasteiger partial charge in [0.25, 0.3) is 0 Å². The predicted molar refractivity (Wildman–Crippen MR) is 72.4 cm³/mol. The van der Waals surface area contributed by atoms with Gasteiger partial charge in [-0.05, 0) is 19.4 Å². The first kappa shape index (κ1) is 12.2. The highest BCUT2D eigenvalue weighted by atomic mass is 15.2. The van der Waals surface area contributed by atoms with Gasteiger partial charge in [-0.1, -0.05) is 19.8 Å². The Morgan fingerprint density at radius 2 is 2.22 bits per heavy atom. The number of hydrogen-bond donors (Lipinski definition) is 2. The van der Waals surface area contributed by atoms with E-state index in [1.165, 1.54) is 50.2 Å². The van der Waals surface area contributed by atoms with Crippen LogP contribution in [0.1, 0.15) is 44.0 Å². The molecule has 2 aliphatic rings. The second-order valence-corrected chi connectivity index (χ2v) is 5.64. The summed E-state index contributed by atoms with van der Waals surface area (Å²) < 4.78 is 0. The second-order valence-electron chi connectivity index (χ2n) is 5.64. The van der Waals surface area contributed by atoms with Gasteiger partial charge in [0.05, 0.1) is 17.7 Å². The molecule has 1 aliphatic heterocycles. The van der Waals surface area contributed by atoms with Gasteiger partial charge in [0.2, 0.25) is 0 Å². The van der Waals surface area contributed by atoms with Crippen molar-refractivity contribution in [1.29, 1.82) is 0 Å². The van der Waals surface area contributed by atoms with Crippen LogP contribution in [0.25, 0.3) is 0 Å². The van der Waals surface area contributed by atoms with E-state index in [-0.39, 0.29) is 0 Å². The highest BCUT2D eigenvalue weighted by Gasteiger charge is 2.26. The Hall–Kier alpha value is -0.870. The third-order valence-electron chi connectivity index (χ3n) is 4.52. The number of H-pyrrole nitrogens is 1. The lowest BCUT2D eigenvalue weighted by atomic mass is 10.0. The molecule has 3 rings (SSSR count). The molecule has 0 saturated heterocycles. The van der Waals surface area contributed by atoms with Crippen LogP contribution in [0.15, 0.2) is 6.33 Å². The van der Waals surface area contributed by atoms with Gasteiger partial charge in [0.1, 0.15) is 0 Å². The maximum atomic E-state index is 4.42. The molecular formula is C14H24N4. The van der Waals surface area contributed by atoms with Crippen LogP contribution >= 0.6 is 0 Å². The van der Waals surface area contributed by atoms with Crippen molar-refractivity contribution in [3.8, 4) is 0 Å². The quantitative estimate of drug-likeness (QED) is 0.852. The summed E-state index contributed by atoms with van der Waals surface area (Å²) in [6, 6.07) is 1.40. The molecule has 1 fully saturated rings. The monoisotopic (exact) mass is 248 g/mol. The summed E-state index contributed by atoms with van der Waals surface area (Å²) in [5.74, 6) is 0. The lowest BCUT2D eigenvalue weighted by Crippen LogP contribution is -2.47. The van der Waals surface area contributed by atoms with Crippen LogP contribution in [0.3, 0.4) is 0 Å². The van der Waals surface area contributed by atoms with Crippen LogP contribution < -0.4 is 5.32 Å². The summed E-state index contributed by atoms with van der Waals surface area (Å²) in [7, 11) is 0. The number of aromatic amines is 1. The minimum Gasteiger partial charge on any atom is -0.347 e. The van der Waals surface area contributed by atoms with Crippen LogP contribution in [0.2, 0.25) is 0 Å². The fourth-order valence-electron chi connectivity index (χ4n) is 3.45. The third kappa shape index (κ3) is 2.45. The molecule has 18 heavy (non-hydrogen) atoms. The Morgan fingerprint density at radius 1 is 1.39 bits per heavy atom. The second kappa shape index (κ2) is 5.41. The van der Waals surface area contributed by atoms with E-state index >= 15 is 0 Å². The molecule has 2 N–H and O–H groups in total. The normalized spacial score (nSPS) is 24.7. The van der Waals surface area contributed by atoms with E-state index in [1.807, 2.05) is 6.33 Å². The zero-order chi connectivity index (χ0) is 12.4. The van der Waals surface area contributed by atoms with Crippen molar-refractivity contribution in [2.75, 3.05) is 13.1 Å². The van der Waals surface area contributed by atoms with Crippen LogP contribution in [-0.2, 0) is 13.0 Å². The summed E-state index contributed by atoms with van der Waals surface area (Å²) >= 11 is 0. The third-order valence-corrected chi connectivity index (χ3v) is 4.52. The van der Waals surface area contributed by atoms with Crippen molar-refractivity contribution in [1.82, 2.24) is 20.2 Å². The van der Waals surface area contributed by atoms with E-state index in [2.05, 4.69) is 27.1 Å². The minimum atomic E-state index is 0.571. The lowest BCUT2D eigenvalue weighted by molar-refractivity contribution is 0.182.